The summed E-state index contributed by atoms with van der Waals surface area (Å²) < 4.78 is 0. The second-order valence-electron chi connectivity index (χ2n) is 4.04. The molecular weight excluding hydrogens is 176 g/mol. The highest BCUT2D eigenvalue weighted by molar-refractivity contribution is 5.76. The van der Waals surface area contributed by atoms with Crippen molar-refractivity contribution in [3.63, 3.8) is 0 Å². The third kappa shape index (κ3) is 2.82. The fourth-order valence-electron chi connectivity index (χ4n) is 1.32. The lowest BCUT2D eigenvalue weighted by Crippen LogP contribution is -2.53. The molecule has 2 aliphatic rings. The summed E-state index contributed by atoms with van der Waals surface area (Å²) in [4.78, 5) is 0. The predicted molar refractivity (Wildman–Crippen MR) is 57.7 cm³/mol. The molecule has 0 amide bonds. The Kier molecular flexibility index (Phi) is 3.16. The van der Waals surface area contributed by atoms with Crippen molar-refractivity contribution in [1.82, 2.24) is 16.0 Å². The van der Waals surface area contributed by atoms with Gasteiger partial charge in [-0.05, 0) is 18.4 Å². The second kappa shape index (κ2) is 4.57. The molecule has 1 saturated carbocycles. The zero-order valence-electron chi connectivity index (χ0n) is 8.34. The first kappa shape index (κ1) is 9.68. The molecule has 4 nitrogen and oxygen atoms in total. The van der Waals surface area contributed by atoms with Gasteiger partial charge in [0.05, 0.1) is 6.04 Å². The van der Waals surface area contributed by atoms with Gasteiger partial charge in [0.15, 0.2) is 0 Å². The van der Waals surface area contributed by atoms with Crippen LogP contribution in [0, 0.1) is 5.41 Å². The minimum absolute atomic E-state index is 0.561. The van der Waals surface area contributed by atoms with Gasteiger partial charge in [-0.1, -0.05) is 0 Å². The van der Waals surface area contributed by atoms with Crippen molar-refractivity contribution in [2.45, 2.75) is 24.9 Å². The SMILES string of the molecule is N=C/C(=C\NC1CNC1)CNC1CC1. The Hall–Kier alpha value is -0.870. The quantitative estimate of drug-likeness (QED) is 0.444. The van der Waals surface area contributed by atoms with E-state index in [1.54, 1.807) is 0 Å². The molecule has 4 heteroatoms. The molecule has 0 aromatic rings. The molecule has 0 bridgehead atoms. The number of hydrogen-bond acceptors (Lipinski definition) is 4. The molecular formula is C10H18N4. The molecule has 1 heterocycles. The van der Waals surface area contributed by atoms with Crippen LogP contribution in [0.15, 0.2) is 11.8 Å². The Morgan fingerprint density at radius 3 is 2.64 bits per heavy atom. The van der Waals surface area contributed by atoms with Gasteiger partial charge in [-0.25, -0.2) is 0 Å². The third-order valence-electron chi connectivity index (χ3n) is 2.64. The van der Waals surface area contributed by atoms with E-state index in [9.17, 15) is 0 Å². The van der Waals surface area contributed by atoms with Crippen LogP contribution in [0.1, 0.15) is 12.8 Å². The maximum absolute atomic E-state index is 7.26. The summed E-state index contributed by atoms with van der Waals surface area (Å²) in [6, 6.07) is 1.27. The minimum Gasteiger partial charge on any atom is -0.385 e. The Bertz CT molecular complexity index is 228. The van der Waals surface area contributed by atoms with Crippen molar-refractivity contribution in [2.75, 3.05) is 19.6 Å². The lowest BCUT2D eigenvalue weighted by molar-refractivity contribution is 0.400. The van der Waals surface area contributed by atoms with Crippen molar-refractivity contribution in [3.8, 4) is 0 Å². The van der Waals surface area contributed by atoms with Crippen LogP contribution in [0.5, 0.6) is 0 Å². The molecule has 1 saturated heterocycles. The standard InChI is InChI=1S/C10H18N4/c11-3-8(4-13-9-1-2-9)5-14-10-6-12-7-10/h3,5,9-14H,1-2,4,6-7H2/b8-5+,11-3?. The second-order valence-corrected chi connectivity index (χ2v) is 4.04. The summed E-state index contributed by atoms with van der Waals surface area (Å²) in [5.74, 6) is 0. The van der Waals surface area contributed by atoms with E-state index in [4.69, 9.17) is 5.41 Å². The van der Waals surface area contributed by atoms with Gasteiger partial charge in [0.25, 0.3) is 0 Å². The smallest absolute Gasteiger partial charge is 0.0505 e. The summed E-state index contributed by atoms with van der Waals surface area (Å²) in [7, 11) is 0. The van der Waals surface area contributed by atoms with Crippen LogP contribution in [0.25, 0.3) is 0 Å². The van der Waals surface area contributed by atoms with E-state index in [1.807, 2.05) is 6.20 Å². The van der Waals surface area contributed by atoms with E-state index in [0.717, 1.165) is 25.2 Å². The van der Waals surface area contributed by atoms with Gasteiger partial charge in [-0.15, -0.1) is 0 Å². The molecule has 0 spiro atoms. The lowest BCUT2D eigenvalue weighted by atomic mass is 10.2. The minimum atomic E-state index is 0.561. The molecule has 2 rings (SSSR count). The van der Waals surface area contributed by atoms with E-state index in [1.165, 1.54) is 19.1 Å². The zero-order chi connectivity index (χ0) is 9.80. The van der Waals surface area contributed by atoms with E-state index in [2.05, 4.69) is 16.0 Å². The molecule has 78 valence electrons. The number of nitrogens with one attached hydrogen (secondary N) is 4. The topological polar surface area (TPSA) is 59.9 Å². The van der Waals surface area contributed by atoms with Gasteiger partial charge in [0.2, 0.25) is 0 Å². The largest absolute Gasteiger partial charge is 0.385 e. The third-order valence-corrected chi connectivity index (χ3v) is 2.64. The van der Waals surface area contributed by atoms with E-state index >= 15 is 0 Å². The summed E-state index contributed by atoms with van der Waals surface area (Å²) >= 11 is 0. The maximum Gasteiger partial charge on any atom is 0.0505 e. The first-order valence-corrected chi connectivity index (χ1v) is 5.28. The van der Waals surface area contributed by atoms with Crippen molar-refractivity contribution < 1.29 is 0 Å². The molecule has 0 radical (unpaired) electrons. The monoisotopic (exact) mass is 194 g/mol. The predicted octanol–water partition coefficient (Wildman–Crippen LogP) is -0.167. The van der Waals surface area contributed by atoms with Crippen molar-refractivity contribution in [2.24, 2.45) is 0 Å². The van der Waals surface area contributed by atoms with Gasteiger partial charge < -0.3 is 21.4 Å². The average molecular weight is 194 g/mol. The molecule has 0 unspecified atom stereocenters. The van der Waals surface area contributed by atoms with Gasteiger partial charge in [-0.2, -0.15) is 0 Å². The van der Waals surface area contributed by atoms with Crippen molar-refractivity contribution >= 4 is 6.21 Å². The summed E-state index contributed by atoms with van der Waals surface area (Å²) in [6.45, 7) is 2.90. The van der Waals surface area contributed by atoms with Crippen LogP contribution in [-0.4, -0.2) is 37.9 Å². The van der Waals surface area contributed by atoms with E-state index in [-0.39, 0.29) is 0 Å². The Labute approximate surface area is 84.7 Å². The Morgan fingerprint density at radius 2 is 2.14 bits per heavy atom. The lowest BCUT2D eigenvalue weighted by Gasteiger charge is -2.27. The maximum atomic E-state index is 7.26. The Morgan fingerprint density at radius 1 is 1.36 bits per heavy atom. The zero-order valence-corrected chi connectivity index (χ0v) is 8.34. The highest BCUT2D eigenvalue weighted by Gasteiger charge is 2.20. The first-order chi connectivity index (χ1) is 6.88. The summed E-state index contributed by atoms with van der Waals surface area (Å²) in [5, 5.41) is 17.1. The Balaban J connectivity index is 1.68. The molecule has 0 aromatic heterocycles. The fourth-order valence-corrected chi connectivity index (χ4v) is 1.32. The molecule has 1 aliphatic carbocycles. The summed E-state index contributed by atoms with van der Waals surface area (Å²) in [5.41, 5.74) is 1.03. The highest BCUT2D eigenvalue weighted by atomic mass is 15.1. The van der Waals surface area contributed by atoms with Crippen LogP contribution in [0.4, 0.5) is 0 Å². The normalized spacial score (nSPS) is 23.0. The number of hydrogen-bond donors (Lipinski definition) is 4. The van der Waals surface area contributed by atoms with Crippen LogP contribution >= 0.6 is 0 Å². The average Bonchev–Trinajstić information content (AvgIpc) is 2.91. The van der Waals surface area contributed by atoms with E-state index in [0.29, 0.717) is 12.1 Å². The molecule has 2 fully saturated rings. The van der Waals surface area contributed by atoms with Gasteiger partial charge >= 0.3 is 0 Å². The van der Waals surface area contributed by atoms with Crippen LogP contribution in [0.2, 0.25) is 0 Å². The van der Waals surface area contributed by atoms with Gasteiger partial charge in [0.1, 0.15) is 0 Å². The summed E-state index contributed by atoms with van der Waals surface area (Å²) in [6.07, 6.45) is 5.98. The van der Waals surface area contributed by atoms with E-state index < -0.39 is 0 Å². The number of rotatable bonds is 6. The van der Waals surface area contributed by atoms with Crippen LogP contribution < -0.4 is 16.0 Å². The van der Waals surface area contributed by atoms with Crippen molar-refractivity contribution in [3.05, 3.63) is 11.8 Å². The molecule has 0 atom stereocenters. The van der Waals surface area contributed by atoms with Gasteiger partial charge in [-0.3, -0.25) is 0 Å². The molecule has 0 aromatic carbocycles. The van der Waals surface area contributed by atoms with Crippen LogP contribution in [-0.2, 0) is 0 Å². The first-order valence-electron chi connectivity index (χ1n) is 5.28. The highest BCUT2D eigenvalue weighted by Crippen LogP contribution is 2.18. The van der Waals surface area contributed by atoms with Crippen molar-refractivity contribution in [1.29, 1.82) is 5.41 Å². The van der Waals surface area contributed by atoms with Gasteiger partial charge in [0, 0.05) is 38.1 Å². The molecule has 4 N–H and O–H groups in total. The molecule has 1 aliphatic heterocycles. The molecule has 14 heavy (non-hydrogen) atoms. The fraction of sp³-hybridized carbons (Fsp3) is 0.700. The van der Waals surface area contributed by atoms with Crippen LogP contribution in [0.3, 0.4) is 0 Å².